The Morgan fingerprint density at radius 3 is 2.45 bits per heavy atom. The maximum atomic E-state index is 13.0. The lowest BCUT2D eigenvalue weighted by molar-refractivity contribution is -0.142. The van der Waals surface area contributed by atoms with Crippen molar-refractivity contribution in [2.24, 2.45) is 0 Å². The summed E-state index contributed by atoms with van der Waals surface area (Å²) in [5.41, 5.74) is 0.224. The van der Waals surface area contributed by atoms with E-state index >= 15 is 0 Å². The van der Waals surface area contributed by atoms with Crippen LogP contribution in [-0.4, -0.2) is 37.9 Å². The molecule has 1 aromatic rings. The first-order valence-corrected chi connectivity index (χ1v) is 7.14. The molecule has 0 heterocycles. The highest BCUT2D eigenvalue weighted by Crippen LogP contribution is 2.08. The second kappa shape index (κ2) is 9.86. The Balaban J connectivity index is 2.36. The van der Waals surface area contributed by atoms with Crippen molar-refractivity contribution in [2.45, 2.75) is 26.6 Å². The van der Waals surface area contributed by atoms with Crippen LogP contribution in [0.3, 0.4) is 0 Å². The van der Waals surface area contributed by atoms with Crippen LogP contribution in [0.15, 0.2) is 24.3 Å². The lowest BCUT2D eigenvalue weighted by Gasteiger charge is -2.16. The molecule has 1 aromatic carbocycles. The SMILES string of the molecule is CCOC(CCNC(=O)C(=O)Nc1cccc(F)c1)OCC. The molecule has 0 saturated carbocycles. The topological polar surface area (TPSA) is 76.7 Å². The Morgan fingerprint density at radius 1 is 1.18 bits per heavy atom. The van der Waals surface area contributed by atoms with Crippen LogP contribution in [-0.2, 0) is 19.1 Å². The first kappa shape index (κ1) is 18.1. The maximum absolute atomic E-state index is 13.0. The number of halogens is 1. The molecule has 0 radical (unpaired) electrons. The van der Waals surface area contributed by atoms with Crippen LogP contribution in [0.25, 0.3) is 0 Å². The molecule has 0 bridgehead atoms. The smallest absolute Gasteiger partial charge is 0.313 e. The van der Waals surface area contributed by atoms with E-state index in [1.165, 1.54) is 18.2 Å². The molecule has 22 heavy (non-hydrogen) atoms. The summed E-state index contributed by atoms with van der Waals surface area (Å²) in [7, 11) is 0. The van der Waals surface area contributed by atoms with Gasteiger partial charge in [0.1, 0.15) is 5.82 Å². The maximum Gasteiger partial charge on any atom is 0.313 e. The molecule has 0 atom stereocenters. The summed E-state index contributed by atoms with van der Waals surface area (Å²) in [6.07, 6.45) is 0.0160. The molecule has 7 heteroatoms. The van der Waals surface area contributed by atoms with E-state index in [4.69, 9.17) is 9.47 Å². The highest BCUT2D eigenvalue weighted by molar-refractivity contribution is 6.39. The Kier molecular flexibility index (Phi) is 8.09. The van der Waals surface area contributed by atoms with Crippen molar-refractivity contribution in [3.05, 3.63) is 30.1 Å². The quantitative estimate of drug-likeness (QED) is 0.565. The van der Waals surface area contributed by atoms with Crippen LogP contribution in [0, 0.1) is 5.82 Å². The highest BCUT2D eigenvalue weighted by atomic mass is 19.1. The Hall–Kier alpha value is -1.99. The number of rotatable bonds is 8. The zero-order valence-corrected chi connectivity index (χ0v) is 12.7. The van der Waals surface area contributed by atoms with Crippen LogP contribution in [0.2, 0.25) is 0 Å². The summed E-state index contributed by atoms with van der Waals surface area (Å²) in [6.45, 7) is 4.92. The van der Waals surface area contributed by atoms with Crippen molar-refractivity contribution in [3.8, 4) is 0 Å². The summed E-state index contributed by atoms with van der Waals surface area (Å²) >= 11 is 0. The van der Waals surface area contributed by atoms with Crippen LogP contribution >= 0.6 is 0 Å². The average molecular weight is 312 g/mol. The molecule has 2 amide bonds. The van der Waals surface area contributed by atoms with E-state index in [9.17, 15) is 14.0 Å². The van der Waals surface area contributed by atoms with E-state index in [0.717, 1.165) is 6.07 Å². The second-order valence-electron chi connectivity index (χ2n) is 4.35. The van der Waals surface area contributed by atoms with Gasteiger partial charge in [0.25, 0.3) is 0 Å². The van der Waals surface area contributed by atoms with E-state index in [1.807, 2.05) is 13.8 Å². The Bertz CT molecular complexity index is 490. The summed E-state index contributed by atoms with van der Waals surface area (Å²) in [4.78, 5) is 23.3. The van der Waals surface area contributed by atoms with Crippen molar-refractivity contribution in [3.63, 3.8) is 0 Å². The van der Waals surface area contributed by atoms with Gasteiger partial charge in [-0.3, -0.25) is 9.59 Å². The number of anilines is 1. The van der Waals surface area contributed by atoms with Gasteiger partial charge in [-0.25, -0.2) is 4.39 Å². The lowest BCUT2D eigenvalue weighted by Crippen LogP contribution is -2.37. The van der Waals surface area contributed by atoms with Gasteiger partial charge < -0.3 is 20.1 Å². The predicted octanol–water partition coefficient (Wildman–Crippen LogP) is 1.67. The van der Waals surface area contributed by atoms with Crippen LogP contribution in [0.5, 0.6) is 0 Å². The number of ether oxygens (including phenoxy) is 2. The number of hydrogen-bond donors (Lipinski definition) is 2. The summed E-state index contributed by atoms with van der Waals surface area (Å²) < 4.78 is 23.6. The molecule has 122 valence electrons. The van der Waals surface area contributed by atoms with Gasteiger partial charge in [-0.05, 0) is 32.0 Å². The minimum Gasteiger partial charge on any atom is -0.353 e. The van der Waals surface area contributed by atoms with Crippen LogP contribution < -0.4 is 10.6 Å². The normalized spacial score (nSPS) is 10.5. The van der Waals surface area contributed by atoms with Gasteiger partial charge in [0.2, 0.25) is 0 Å². The standard InChI is InChI=1S/C15H21FN2O4/c1-3-21-13(22-4-2)8-9-17-14(19)15(20)18-12-7-5-6-11(16)10-12/h5-7,10,13H,3-4,8-9H2,1-2H3,(H,17,19)(H,18,20). The minimum absolute atomic E-state index is 0.224. The molecule has 0 aromatic heterocycles. The van der Waals surface area contributed by atoms with Gasteiger partial charge in [0, 0.05) is 31.9 Å². The van der Waals surface area contributed by atoms with Crippen molar-refractivity contribution in [1.29, 1.82) is 0 Å². The molecular formula is C15H21FN2O4. The van der Waals surface area contributed by atoms with Gasteiger partial charge in [-0.2, -0.15) is 0 Å². The van der Waals surface area contributed by atoms with Crippen LogP contribution in [0.4, 0.5) is 10.1 Å². The second-order valence-corrected chi connectivity index (χ2v) is 4.35. The minimum atomic E-state index is -0.852. The van der Waals surface area contributed by atoms with Gasteiger partial charge in [0.05, 0.1) is 0 Å². The first-order chi connectivity index (χ1) is 10.6. The molecule has 0 aliphatic heterocycles. The summed E-state index contributed by atoms with van der Waals surface area (Å²) in [5.74, 6) is -2.14. The van der Waals surface area contributed by atoms with Crippen LogP contribution in [0.1, 0.15) is 20.3 Å². The summed E-state index contributed by atoms with van der Waals surface area (Å²) in [6, 6.07) is 5.31. The molecule has 1 rings (SSSR count). The van der Waals surface area contributed by atoms with E-state index in [2.05, 4.69) is 10.6 Å². The molecule has 0 unspecified atom stereocenters. The number of amides is 2. The highest BCUT2D eigenvalue weighted by Gasteiger charge is 2.15. The van der Waals surface area contributed by atoms with Crippen molar-refractivity contribution >= 4 is 17.5 Å². The lowest BCUT2D eigenvalue weighted by atomic mass is 10.3. The fourth-order valence-electron chi connectivity index (χ4n) is 1.72. The first-order valence-electron chi connectivity index (χ1n) is 7.14. The number of nitrogens with one attached hydrogen (secondary N) is 2. The molecule has 0 aliphatic carbocycles. The largest absolute Gasteiger partial charge is 0.353 e. The number of carbonyl (C=O) groups is 2. The van der Waals surface area contributed by atoms with Crippen molar-refractivity contribution < 1.29 is 23.5 Å². The predicted molar refractivity (Wildman–Crippen MR) is 79.7 cm³/mol. The van der Waals surface area contributed by atoms with E-state index in [-0.39, 0.29) is 12.2 Å². The fraction of sp³-hybridized carbons (Fsp3) is 0.467. The van der Waals surface area contributed by atoms with E-state index < -0.39 is 23.9 Å². The molecule has 2 N–H and O–H groups in total. The van der Waals surface area contributed by atoms with Gasteiger partial charge in [0.15, 0.2) is 6.29 Å². The van der Waals surface area contributed by atoms with E-state index in [1.54, 1.807) is 0 Å². The van der Waals surface area contributed by atoms with E-state index in [0.29, 0.717) is 19.6 Å². The van der Waals surface area contributed by atoms with Gasteiger partial charge >= 0.3 is 11.8 Å². The summed E-state index contributed by atoms with van der Waals surface area (Å²) in [5, 5.41) is 4.78. The van der Waals surface area contributed by atoms with Gasteiger partial charge in [-0.1, -0.05) is 6.07 Å². The monoisotopic (exact) mass is 312 g/mol. The van der Waals surface area contributed by atoms with Gasteiger partial charge in [-0.15, -0.1) is 0 Å². The number of benzene rings is 1. The molecule has 0 fully saturated rings. The third-order valence-corrected chi connectivity index (χ3v) is 2.66. The Labute approximate surface area is 129 Å². The molecule has 0 saturated heterocycles. The van der Waals surface area contributed by atoms with Crippen molar-refractivity contribution in [2.75, 3.05) is 25.1 Å². The number of hydrogen-bond acceptors (Lipinski definition) is 4. The fourth-order valence-corrected chi connectivity index (χ4v) is 1.72. The van der Waals surface area contributed by atoms with Crippen molar-refractivity contribution in [1.82, 2.24) is 5.32 Å². The molecule has 0 aliphatic rings. The Morgan fingerprint density at radius 2 is 1.86 bits per heavy atom. The molecule has 0 spiro atoms. The molecule has 6 nitrogen and oxygen atoms in total. The third kappa shape index (κ3) is 6.64. The number of carbonyl (C=O) groups excluding carboxylic acids is 2. The average Bonchev–Trinajstić information content (AvgIpc) is 2.47. The molecular weight excluding hydrogens is 291 g/mol. The zero-order valence-electron chi connectivity index (χ0n) is 12.7. The zero-order chi connectivity index (χ0) is 16.4. The third-order valence-electron chi connectivity index (χ3n) is 2.66.